The molecule has 2 heterocycles. The Morgan fingerprint density at radius 1 is 0.893 bits per heavy atom. The van der Waals surface area contributed by atoms with Crippen LogP contribution in [0.1, 0.15) is 16.8 Å². The fourth-order valence-corrected chi connectivity index (χ4v) is 3.98. The molecule has 0 N–H and O–H groups in total. The van der Waals surface area contributed by atoms with Crippen LogP contribution < -0.4 is 0 Å². The van der Waals surface area contributed by atoms with Gasteiger partial charge < -0.3 is 4.40 Å². The SMILES string of the molecule is Cc1ccc(-c2nc3c4ccccc4ccn3c2Cc2cccc(Cl)c2)cc1. The number of aryl methyl sites for hydroxylation is 1. The van der Waals surface area contributed by atoms with Crippen molar-refractivity contribution < 1.29 is 0 Å². The number of hydrogen-bond donors (Lipinski definition) is 0. The van der Waals surface area contributed by atoms with Crippen molar-refractivity contribution >= 4 is 28.0 Å². The lowest BCUT2D eigenvalue weighted by Gasteiger charge is -2.07. The average molecular weight is 383 g/mol. The van der Waals surface area contributed by atoms with Crippen molar-refractivity contribution in [2.75, 3.05) is 0 Å². The molecule has 2 nitrogen and oxygen atoms in total. The smallest absolute Gasteiger partial charge is 0.145 e. The molecule has 0 unspecified atom stereocenters. The van der Waals surface area contributed by atoms with Crippen LogP contribution in [0.15, 0.2) is 85.1 Å². The van der Waals surface area contributed by atoms with Crippen LogP contribution in [-0.4, -0.2) is 9.38 Å². The van der Waals surface area contributed by atoms with Crippen LogP contribution in [0.2, 0.25) is 5.02 Å². The highest BCUT2D eigenvalue weighted by Gasteiger charge is 2.16. The molecule has 3 heteroatoms. The second kappa shape index (κ2) is 6.81. The van der Waals surface area contributed by atoms with E-state index in [4.69, 9.17) is 16.6 Å². The van der Waals surface area contributed by atoms with Crippen molar-refractivity contribution in [3.63, 3.8) is 0 Å². The summed E-state index contributed by atoms with van der Waals surface area (Å²) in [5.74, 6) is 0. The Morgan fingerprint density at radius 2 is 1.71 bits per heavy atom. The number of benzene rings is 3. The van der Waals surface area contributed by atoms with E-state index in [0.717, 1.165) is 33.7 Å². The molecule has 0 aliphatic carbocycles. The normalized spacial score (nSPS) is 11.4. The number of aromatic nitrogens is 2. The molecule has 2 aromatic heterocycles. The Kier molecular flexibility index (Phi) is 4.14. The summed E-state index contributed by atoms with van der Waals surface area (Å²) in [6, 6.07) is 27.2. The second-order valence-electron chi connectivity index (χ2n) is 7.18. The molecule has 0 fully saturated rings. The summed E-state index contributed by atoms with van der Waals surface area (Å²) in [4.78, 5) is 5.09. The number of imidazole rings is 1. The predicted molar refractivity (Wildman–Crippen MR) is 117 cm³/mol. The van der Waals surface area contributed by atoms with Gasteiger partial charge in [0.05, 0.1) is 11.4 Å². The van der Waals surface area contributed by atoms with Crippen LogP contribution >= 0.6 is 11.6 Å². The number of fused-ring (bicyclic) bond motifs is 3. The summed E-state index contributed by atoms with van der Waals surface area (Å²) in [6.45, 7) is 2.10. The van der Waals surface area contributed by atoms with Gasteiger partial charge >= 0.3 is 0 Å². The van der Waals surface area contributed by atoms with Crippen molar-refractivity contribution in [3.05, 3.63) is 107 Å². The lowest BCUT2D eigenvalue weighted by atomic mass is 10.0. The first-order chi connectivity index (χ1) is 13.7. The van der Waals surface area contributed by atoms with Crippen molar-refractivity contribution in [1.29, 1.82) is 0 Å². The summed E-state index contributed by atoms with van der Waals surface area (Å²) >= 11 is 6.23. The molecule has 28 heavy (non-hydrogen) atoms. The molecule has 0 amide bonds. The minimum atomic E-state index is 0.758. The molecular weight excluding hydrogens is 364 g/mol. The zero-order valence-corrected chi connectivity index (χ0v) is 16.3. The molecule has 0 saturated heterocycles. The highest BCUT2D eigenvalue weighted by molar-refractivity contribution is 6.30. The minimum absolute atomic E-state index is 0.758. The van der Waals surface area contributed by atoms with Gasteiger partial charge in [0.15, 0.2) is 0 Å². The van der Waals surface area contributed by atoms with Crippen molar-refractivity contribution in [2.45, 2.75) is 13.3 Å². The van der Waals surface area contributed by atoms with Crippen LogP contribution in [0.25, 0.3) is 27.7 Å². The Hall–Kier alpha value is -3.10. The van der Waals surface area contributed by atoms with E-state index in [-0.39, 0.29) is 0 Å². The van der Waals surface area contributed by atoms with Crippen LogP contribution in [0.4, 0.5) is 0 Å². The molecule has 3 aromatic carbocycles. The predicted octanol–water partition coefficient (Wildman–Crippen LogP) is 6.71. The van der Waals surface area contributed by atoms with Gasteiger partial charge in [0.25, 0.3) is 0 Å². The third kappa shape index (κ3) is 2.96. The number of pyridine rings is 1. The van der Waals surface area contributed by atoms with Gasteiger partial charge in [0.2, 0.25) is 0 Å². The first-order valence-electron chi connectivity index (χ1n) is 9.39. The molecule has 0 spiro atoms. The van der Waals surface area contributed by atoms with Crippen LogP contribution in [0.5, 0.6) is 0 Å². The van der Waals surface area contributed by atoms with Crippen LogP contribution in [0.3, 0.4) is 0 Å². The number of rotatable bonds is 3. The number of hydrogen-bond acceptors (Lipinski definition) is 1. The number of nitrogens with zero attached hydrogens (tertiary/aromatic N) is 2. The molecule has 0 saturated carbocycles. The quantitative estimate of drug-likeness (QED) is 0.339. The molecule has 0 bridgehead atoms. The van der Waals surface area contributed by atoms with E-state index in [1.807, 2.05) is 18.2 Å². The van der Waals surface area contributed by atoms with Gasteiger partial charge in [0, 0.05) is 28.6 Å². The van der Waals surface area contributed by atoms with Gasteiger partial charge in [-0.3, -0.25) is 0 Å². The standard InChI is InChI=1S/C25H19ClN2/c1-17-9-11-20(12-10-17)24-23(16-18-5-4-7-21(26)15-18)28-14-13-19-6-2-3-8-22(19)25(28)27-24/h2-15H,16H2,1H3. The highest BCUT2D eigenvalue weighted by atomic mass is 35.5. The lowest BCUT2D eigenvalue weighted by molar-refractivity contribution is 1.03. The van der Waals surface area contributed by atoms with Crippen molar-refractivity contribution in [1.82, 2.24) is 9.38 Å². The average Bonchev–Trinajstić information content (AvgIpc) is 3.07. The van der Waals surface area contributed by atoms with E-state index in [0.29, 0.717) is 0 Å². The van der Waals surface area contributed by atoms with Crippen molar-refractivity contribution in [2.24, 2.45) is 0 Å². The van der Waals surface area contributed by atoms with Crippen LogP contribution in [-0.2, 0) is 6.42 Å². The maximum atomic E-state index is 6.23. The maximum absolute atomic E-state index is 6.23. The van der Waals surface area contributed by atoms with E-state index in [1.54, 1.807) is 0 Å². The number of halogens is 1. The third-order valence-electron chi connectivity index (χ3n) is 5.20. The Labute approximate surface area is 169 Å². The largest absolute Gasteiger partial charge is 0.303 e. The van der Waals surface area contributed by atoms with Gasteiger partial charge in [0.1, 0.15) is 5.65 Å². The molecule has 0 aliphatic heterocycles. The Morgan fingerprint density at radius 3 is 2.54 bits per heavy atom. The summed E-state index contributed by atoms with van der Waals surface area (Å²) in [5, 5.41) is 3.12. The molecule has 136 valence electrons. The van der Waals surface area contributed by atoms with E-state index in [2.05, 4.69) is 78.2 Å². The summed E-state index contributed by atoms with van der Waals surface area (Å²) in [6.07, 6.45) is 2.89. The fourth-order valence-electron chi connectivity index (χ4n) is 3.77. The van der Waals surface area contributed by atoms with Gasteiger partial charge in [-0.25, -0.2) is 4.98 Å². The van der Waals surface area contributed by atoms with Gasteiger partial charge in [-0.15, -0.1) is 0 Å². The summed E-state index contributed by atoms with van der Waals surface area (Å²) < 4.78 is 2.22. The fraction of sp³-hybridized carbons (Fsp3) is 0.0800. The van der Waals surface area contributed by atoms with E-state index < -0.39 is 0 Å². The Bertz CT molecular complexity index is 1300. The van der Waals surface area contributed by atoms with E-state index in [9.17, 15) is 0 Å². The lowest BCUT2D eigenvalue weighted by Crippen LogP contribution is -1.97. The summed E-state index contributed by atoms with van der Waals surface area (Å²) in [7, 11) is 0. The zero-order chi connectivity index (χ0) is 19.1. The van der Waals surface area contributed by atoms with Gasteiger partial charge in [-0.05, 0) is 36.1 Å². The highest BCUT2D eigenvalue weighted by Crippen LogP contribution is 2.30. The topological polar surface area (TPSA) is 17.3 Å². The van der Waals surface area contributed by atoms with Gasteiger partial charge in [-0.1, -0.05) is 77.8 Å². The molecule has 0 atom stereocenters. The first kappa shape index (κ1) is 17.0. The molecule has 0 aliphatic rings. The molecule has 0 radical (unpaired) electrons. The monoisotopic (exact) mass is 382 g/mol. The van der Waals surface area contributed by atoms with Gasteiger partial charge in [-0.2, -0.15) is 0 Å². The second-order valence-corrected chi connectivity index (χ2v) is 7.61. The maximum Gasteiger partial charge on any atom is 0.145 e. The van der Waals surface area contributed by atoms with E-state index in [1.165, 1.54) is 22.2 Å². The molecule has 5 rings (SSSR count). The Balaban J connectivity index is 1.78. The minimum Gasteiger partial charge on any atom is -0.303 e. The van der Waals surface area contributed by atoms with Crippen molar-refractivity contribution in [3.8, 4) is 11.3 Å². The summed E-state index contributed by atoms with van der Waals surface area (Å²) in [5.41, 5.74) is 6.74. The first-order valence-corrected chi connectivity index (χ1v) is 9.77. The van der Waals surface area contributed by atoms with Crippen LogP contribution in [0, 0.1) is 6.92 Å². The zero-order valence-electron chi connectivity index (χ0n) is 15.6. The molecule has 5 aromatic rings. The van der Waals surface area contributed by atoms with E-state index >= 15 is 0 Å². The third-order valence-corrected chi connectivity index (χ3v) is 5.44. The molecular formula is C25H19ClN2.